The molecule has 0 saturated heterocycles. The second-order valence-electron chi connectivity index (χ2n) is 4.40. The molecule has 0 saturated carbocycles. The zero-order chi connectivity index (χ0) is 12.6. The van der Waals surface area contributed by atoms with Gasteiger partial charge in [0.2, 0.25) is 4.91 Å². The fourth-order valence-corrected chi connectivity index (χ4v) is 12.8. The van der Waals surface area contributed by atoms with Crippen molar-refractivity contribution >= 4 is 19.8 Å². The summed E-state index contributed by atoms with van der Waals surface area (Å²) in [6.45, 7) is 7.01. The van der Waals surface area contributed by atoms with Crippen LogP contribution in [0.1, 0.15) is 59.3 Å². The minimum Gasteiger partial charge on any atom is 0.103 e. The first-order chi connectivity index (χ1) is 7.76. The summed E-state index contributed by atoms with van der Waals surface area (Å²) >= 11 is -0.967. The molecule has 0 rings (SSSR count). The Balaban J connectivity index is 0. The molecule has 0 aliphatic heterocycles. The standard InChI is InChI=1S/3C4H9.H2N3.Sn.H/c3*1-3-4-2;1-3-2;;/h3*1,3-4H2,2H3;1-2H;;/q;;;+1;;. The van der Waals surface area contributed by atoms with E-state index in [1.54, 1.807) is 13.3 Å². The molecule has 0 aliphatic rings. The number of rotatable bonds is 9. The number of nitrogens with one attached hydrogen (secondary N) is 2. The maximum absolute atomic E-state index is 5.50. The van der Waals surface area contributed by atoms with Gasteiger partial charge in [0.25, 0.3) is 0 Å². The summed E-state index contributed by atoms with van der Waals surface area (Å²) in [6.07, 6.45) is 8.87. The molecule has 4 heteroatoms. The van der Waals surface area contributed by atoms with Crippen molar-refractivity contribution in [3.8, 4) is 0 Å². The van der Waals surface area contributed by atoms with Crippen LogP contribution >= 0.6 is 0 Å². The second kappa shape index (κ2) is 17.5. The number of unbranched alkanes of at least 4 members (excludes halogenated alkanes) is 3. The summed E-state index contributed by atoms with van der Waals surface area (Å²) in [4.78, 5) is 2.00. The Bertz CT molecular complexity index is 137. The van der Waals surface area contributed by atoms with Gasteiger partial charge in [0.1, 0.15) is 11.1 Å². The van der Waals surface area contributed by atoms with E-state index in [0.717, 1.165) is 0 Å². The monoisotopic (exact) mass is 336 g/mol. The molecule has 0 aliphatic carbocycles. The van der Waals surface area contributed by atoms with Crippen LogP contribution in [0, 0.1) is 11.1 Å². The fraction of sp³-hybridized carbons (Fsp3) is 1.00. The third kappa shape index (κ3) is 16.5. The van der Waals surface area contributed by atoms with E-state index in [-0.39, 0.29) is 0 Å². The van der Waals surface area contributed by atoms with Crippen molar-refractivity contribution in [2.24, 2.45) is 0 Å². The smallest absolute Gasteiger partial charge is 0.103 e. The van der Waals surface area contributed by atoms with Crippen LogP contribution in [0.3, 0.4) is 0 Å². The summed E-state index contributed by atoms with van der Waals surface area (Å²) in [5.74, 6) is 0. The molecule has 3 nitrogen and oxygen atoms in total. The maximum Gasteiger partial charge on any atom is 0.211 e. The molecule has 0 amide bonds. The van der Waals surface area contributed by atoms with Crippen molar-refractivity contribution < 1.29 is 0 Å². The van der Waals surface area contributed by atoms with E-state index >= 15 is 0 Å². The van der Waals surface area contributed by atoms with Gasteiger partial charge in [0.15, 0.2) is 0 Å². The van der Waals surface area contributed by atoms with E-state index in [4.69, 9.17) is 11.1 Å². The first-order valence-corrected chi connectivity index (χ1v) is 13.8. The predicted octanol–water partition coefficient (Wildman–Crippen LogP) is 4.73. The van der Waals surface area contributed by atoms with Crippen LogP contribution < -0.4 is 4.91 Å². The molecule has 0 aromatic rings. The molecular weight excluding hydrogens is 305 g/mol. The van der Waals surface area contributed by atoms with Crippen molar-refractivity contribution in [1.29, 1.82) is 11.1 Å². The Kier molecular flexibility index (Phi) is 20.2. The van der Waals surface area contributed by atoms with Crippen LogP contribution in [0.15, 0.2) is 0 Å². The summed E-state index contributed by atoms with van der Waals surface area (Å²) in [5.41, 5.74) is 11.0. The van der Waals surface area contributed by atoms with Crippen LogP contribution in [0.4, 0.5) is 0 Å². The van der Waals surface area contributed by atoms with Gasteiger partial charge in [-0.3, -0.25) is 0 Å². The second-order valence-corrected chi connectivity index (χ2v) is 14.3. The van der Waals surface area contributed by atoms with E-state index in [2.05, 4.69) is 20.8 Å². The van der Waals surface area contributed by atoms with Crippen LogP contribution in [0.5, 0.6) is 0 Å². The molecule has 0 spiro atoms. The van der Waals surface area contributed by atoms with Gasteiger partial charge in [-0.05, 0) is 0 Å². The first kappa shape index (κ1) is 18.5. The molecule has 16 heavy (non-hydrogen) atoms. The van der Waals surface area contributed by atoms with Gasteiger partial charge in [-0.25, -0.2) is 0 Å². The average Bonchev–Trinajstić information content (AvgIpc) is 2.29. The van der Waals surface area contributed by atoms with E-state index in [1.807, 2.05) is 4.91 Å². The molecule has 2 N–H and O–H groups in total. The van der Waals surface area contributed by atoms with Gasteiger partial charge in [0.05, 0.1) is 0 Å². The zero-order valence-corrected chi connectivity index (χ0v) is 14.7. The Hall–Kier alpha value is 0.109. The molecule has 96 valence electrons. The molecule has 0 aromatic heterocycles. The van der Waals surface area contributed by atoms with E-state index < -0.39 is 19.8 Å². The quantitative estimate of drug-likeness (QED) is 0.348. The fourth-order valence-electron chi connectivity index (χ4n) is 1.91. The van der Waals surface area contributed by atoms with Crippen LogP contribution in [-0.4, -0.2) is 19.8 Å². The topological polar surface area (TPSA) is 61.8 Å². The molecule has 0 heterocycles. The molecule has 0 atom stereocenters. The van der Waals surface area contributed by atoms with Crippen molar-refractivity contribution in [3.05, 3.63) is 0 Å². The van der Waals surface area contributed by atoms with Crippen molar-refractivity contribution in [3.63, 3.8) is 0 Å². The molecule has 0 radical (unpaired) electrons. The van der Waals surface area contributed by atoms with Gasteiger partial charge in [-0.1, -0.05) is 0 Å². The van der Waals surface area contributed by atoms with Gasteiger partial charge >= 0.3 is 92.4 Å². The molecule has 0 bridgehead atoms. The SMILES string of the molecule is CCC[CH2][SnH]([CH2]CCC)[CH2]CCC.N=[N+]=N. The van der Waals surface area contributed by atoms with Gasteiger partial charge in [0, 0.05) is 0 Å². The zero-order valence-electron chi connectivity index (χ0n) is 11.4. The summed E-state index contributed by atoms with van der Waals surface area (Å²) in [5, 5.41) is 0. The largest absolute Gasteiger partial charge is 0.211 e. The number of hydrogen-bond donors (Lipinski definition) is 2. The van der Waals surface area contributed by atoms with Crippen molar-refractivity contribution in [2.45, 2.75) is 72.6 Å². The van der Waals surface area contributed by atoms with Gasteiger partial charge in [-0.15, -0.1) is 0 Å². The van der Waals surface area contributed by atoms with Crippen molar-refractivity contribution in [1.82, 2.24) is 4.91 Å². The van der Waals surface area contributed by atoms with Crippen molar-refractivity contribution in [2.75, 3.05) is 0 Å². The Morgan fingerprint density at radius 3 is 1.19 bits per heavy atom. The molecule has 0 aromatic carbocycles. The number of nitrogens with zero attached hydrogens (tertiary/aromatic N) is 1. The first-order valence-electron chi connectivity index (χ1n) is 6.79. The molecule has 0 unspecified atom stereocenters. The van der Waals surface area contributed by atoms with Crippen LogP contribution in [0.2, 0.25) is 13.3 Å². The Morgan fingerprint density at radius 2 is 1.00 bits per heavy atom. The summed E-state index contributed by atoms with van der Waals surface area (Å²) < 4.78 is 5.08. The Morgan fingerprint density at radius 1 is 0.750 bits per heavy atom. The third-order valence-electron chi connectivity index (χ3n) is 2.90. The molecule has 0 fully saturated rings. The van der Waals surface area contributed by atoms with E-state index in [1.165, 1.54) is 38.5 Å². The van der Waals surface area contributed by atoms with Crippen LogP contribution in [-0.2, 0) is 0 Å². The minimum absolute atomic E-state index is 0.967. The van der Waals surface area contributed by atoms with Gasteiger partial charge in [-0.2, -0.15) is 0 Å². The molecular formula is C12H30N3Sn+. The Labute approximate surface area is 108 Å². The maximum atomic E-state index is 5.50. The third-order valence-corrected chi connectivity index (χ3v) is 13.4. The average molecular weight is 335 g/mol. The van der Waals surface area contributed by atoms with E-state index in [9.17, 15) is 0 Å². The van der Waals surface area contributed by atoms with Crippen LogP contribution in [0.25, 0.3) is 0 Å². The normalized spacial score (nSPS) is 9.50. The summed E-state index contributed by atoms with van der Waals surface area (Å²) in [6, 6.07) is 0. The number of hydrogen-bond acceptors (Lipinski definition) is 2. The predicted molar refractivity (Wildman–Crippen MR) is 73.9 cm³/mol. The van der Waals surface area contributed by atoms with Gasteiger partial charge < -0.3 is 0 Å². The summed E-state index contributed by atoms with van der Waals surface area (Å²) in [7, 11) is 0. The van der Waals surface area contributed by atoms with E-state index in [0.29, 0.717) is 0 Å². The minimum atomic E-state index is -0.967.